The lowest BCUT2D eigenvalue weighted by Gasteiger charge is -2.26. The first-order chi connectivity index (χ1) is 17.9. The minimum Gasteiger partial charge on any atom is -0.506 e. The molecule has 1 unspecified atom stereocenters. The Balaban J connectivity index is 1.86. The van der Waals surface area contributed by atoms with Crippen LogP contribution in [0.2, 0.25) is 0 Å². The van der Waals surface area contributed by atoms with Gasteiger partial charge in [0.15, 0.2) is 0 Å². The van der Waals surface area contributed by atoms with Crippen LogP contribution in [0.4, 0.5) is 5.69 Å². The molecular weight excluding hydrogens is 474 g/mol. The fourth-order valence-electron chi connectivity index (χ4n) is 4.42. The summed E-state index contributed by atoms with van der Waals surface area (Å²) in [7, 11) is 2.88. The molecule has 37 heavy (non-hydrogen) atoms. The molecule has 8 heteroatoms. The average molecular weight is 502 g/mol. The Kier molecular flexibility index (Phi) is 7.57. The number of nitrogens with zero attached hydrogens (tertiary/aromatic N) is 1. The zero-order chi connectivity index (χ0) is 26.5. The number of benzene rings is 3. The molecular formula is C29H27NO7. The van der Waals surface area contributed by atoms with Gasteiger partial charge in [-0.15, -0.1) is 0 Å². The highest BCUT2D eigenvalue weighted by Gasteiger charge is 2.47. The number of hydrogen-bond acceptors (Lipinski definition) is 7. The van der Waals surface area contributed by atoms with E-state index in [1.165, 1.54) is 19.1 Å². The van der Waals surface area contributed by atoms with E-state index in [4.69, 9.17) is 14.2 Å². The molecule has 0 saturated carbocycles. The lowest BCUT2D eigenvalue weighted by atomic mass is 9.94. The van der Waals surface area contributed by atoms with Crippen molar-refractivity contribution in [3.05, 3.63) is 95.1 Å². The van der Waals surface area contributed by atoms with E-state index in [1.54, 1.807) is 73.7 Å². The number of hydrogen-bond donors (Lipinski definition) is 1. The van der Waals surface area contributed by atoms with Gasteiger partial charge in [-0.2, -0.15) is 0 Å². The maximum Gasteiger partial charge on any atom is 0.310 e. The quantitative estimate of drug-likeness (QED) is 0.211. The first kappa shape index (κ1) is 25.5. The number of anilines is 1. The second-order valence-corrected chi connectivity index (χ2v) is 8.27. The van der Waals surface area contributed by atoms with Crippen molar-refractivity contribution in [1.29, 1.82) is 0 Å². The molecule has 4 rings (SSSR count). The fourth-order valence-corrected chi connectivity index (χ4v) is 4.42. The molecule has 0 spiro atoms. The fraction of sp³-hybridized carbons (Fsp3) is 0.207. The minimum absolute atomic E-state index is 0.0860. The highest BCUT2D eigenvalue weighted by molar-refractivity contribution is 6.51. The Bertz CT molecular complexity index is 1320. The van der Waals surface area contributed by atoms with Crippen LogP contribution >= 0.6 is 0 Å². The third-order valence-corrected chi connectivity index (χ3v) is 6.09. The number of Topliss-reactive ketones (excluding diaryl/α,β-unsaturated/α-hetero) is 1. The molecule has 0 radical (unpaired) electrons. The number of carbonyl (C=O) groups excluding carboxylic acids is 3. The number of esters is 1. The average Bonchev–Trinajstić information content (AvgIpc) is 3.19. The van der Waals surface area contributed by atoms with Gasteiger partial charge >= 0.3 is 5.97 Å². The first-order valence-corrected chi connectivity index (χ1v) is 11.7. The van der Waals surface area contributed by atoms with E-state index in [2.05, 4.69) is 0 Å². The van der Waals surface area contributed by atoms with Crippen LogP contribution < -0.4 is 14.4 Å². The highest BCUT2D eigenvalue weighted by atomic mass is 16.5. The summed E-state index contributed by atoms with van der Waals surface area (Å²) in [6.07, 6.45) is 0.0860. The minimum atomic E-state index is -0.910. The number of methoxy groups -OCH3 is 2. The molecule has 190 valence electrons. The first-order valence-electron chi connectivity index (χ1n) is 11.7. The molecule has 1 N–H and O–H groups in total. The van der Waals surface area contributed by atoms with Gasteiger partial charge in [0.25, 0.3) is 11.7 Å². The van der Waals surface area contributed by atoms with Crippen LogP contribution in [-0.4, -0.2) is 43.6 Å². The van der Waals surface area contributed by atoms with Crippen molar-refractivity contribution in [3.8, 4) is 11.5 Å². The molecule has 0 aromatic heterocycles. The predicted molar refractivity (Wildman–Crippen MR) is 138 cm³/mol. The van der Waals surface area contributed by atoms with Gasteiger partial charge in [0.2, 0.25) is 0 Å². The van der Waals surface area contributed by atoms with Crippen LogP contribution in [-0.2, 0) is 25.5 Å². The molecule has 1 heterocycles. The second kappa shape index (κ2) is 11.0. The molecule has 1 saturated heterocycles. The second-order valence-electron chi connectivity index (χ2n) is 8.27. The molecule has 1 fully saturated rings. The Morgan fingerprint density at radius 2 is 1.51 bits per heavy atom. The molecule has 1 aliphatic heterocycles. The summed E-state index contributed by atoms with van der Waals surface area (Å²) in [6, 6.07) is 19.8. The molecule has 3 aromatic rings. The molecule has 1 amide bonds. The van der Waals surface area contributed by atoms with Crippen molar-refractivity contribution in [2.24, 2.45) is 0 Å². The van der Waals surface area contributed by atoms with Gasteiger partial charge in [-0.25, -0.2) is 0 Å². The van der Waals surface area contributed by atoms with Gasteiger partial charge < -0.3 is 19.3 Å². The smallest absolute Gasteiger partial charge is 0.310 e. The van der Waals surface area contributed by atoms with Crippen LogP contribution in [0, 0.1) is 0 Å². The van der Waals surface area contributed by atoms with E-state index in [1.807, 2.05) is 6.07 Å². The maximum atomic E-state index is 13.4. The van der Waals surface area contributed by atoms with Crippen LogP contribution in [0.5, 0.6) is 11.5 Å². The van der Waals surface area contributed by atoms with Crippen molar-refractivity contribution in [2.75, 3.05) is 25.7 Å². The normalized spacial score (nSPS) is 16.5. The summed E-state index contributed by atoms with van der Waals surface area (Å²) in [5.41, 5.74) is 1.86. The summed E-state index contributed by atoms with van der Waals surface area (Å²) in [5.74, 6) is -1.80. The van der Waals surface area contributed by atoms with Crippen LogP contribution in [0.25, 0.3) is 5.76 Å². The van der Waals surface area contributed by atoms with Gasteiger partial charge in [-0.3, -0.25) is 19.3 Å². The predicted octanol–water partition coefficient (Wildman–Crippen LogP) is 4.44. The molecule has 0 aliphatic carbocycles. The van der Waals surface area contributed by atoms with E-state index in [-0.39, 0.29) is 41.6 Å². The zero-order valence-electron chi connectivity index (χ0n) is 20.8. The van der Waals surface area contributed by atoms with E-state index in [9.17, 15) is 19.5 Å². The van der Waals surface area contributed by atoms with Crippen molar-refractivity contribution in [3.63, 3.8) is 0 Å². The lowest BCUT2D eigenvalue weighted by Crippen LogP contribution is -2.29. The third kappa shape index (κ3) is 4.91. The summed E-state index contributed by atoms with van der Waals surface area (Å²) < 4.78 is 15.8. The Labute approximate surface area is 214 Å². The number of aliphatic hydroxyl groups excluding tert-OH is 1. The van der Waals surface area contributed by atoms with Gasteiger partial charge in [-0.1, -0.05) is 48.5 Å². The van der Waals surface area contributed by atoms with E-state index in [0.717, 1.165) is 0 Å². The van der Waals surface area contributed by atoms with Crippen LogP contribution in [0.3, 0.4) is 0 Å². The monoisotopic (exact) mass is 501 g/mol. The largest absolute Gasteiger partial charge is 0.506 e. The number of ether oxygens (including phenoxy) is 3. The SMILES string of the molecule is CCOC(=O)Cc1ccc(N2C(=O)C(=O)/C(=C(/O)c3c(OC)cccc3OC)C2c2ccccc2)cc1. The van der Waals surface area contributed by atoms with Gasteiger partial charge in [0.05, 0.1) is 38.9 Å². The topological polar surface area (TPSA) is 102 Å². The molecule has 1 aliphatic rings. The van der Waals surface area contributed by atoms with Crippen molar-refractivity contribution < 1.29 is 33.7 Å². The standard InChI is InChI=1S/C29H27NO7/c1-4-37-23(31)17-18-13-15-20(16-14-18)30-26(19-9-6-5-7-10-19)25(28(33)29(30)34)27(32)24-21(35-2)11-8-12-22(24)36-3/h5-16,26,32H,4,17H2,1-3H3/b27-25+. The van der Waals surface area contributed by atoms with E-state index in [0.29, 0.717) is 16.8 Å². The maximum absolute atomic E-state index is 13.4. The summed E-state index contributed by atoms with van der Waals surface area (Å²) in [5, 5.41) is 11.5. The summed E-state index contributed by atoms with van der Waals surface area (Å²) in [4.78, 5) is 40.0. The third-order valence-electron chi connectivity index (χ3n) is 6.09. The Morgan fingerprint density at radius 3 is 2.08 bits per heavy atom. The van der Waals surface area contributed by atoms with Crippen molar-refractivity contribution in [1.82, 2.24) is 0 Å². The number of ketones is 1. The zero-order valence-corrected chi connectivity index (χ0v) is 20.8. The number of aliphatic hydroxyl groups is 1. The van der Waals surface area contributed by atoms with E-state index < -0.39 is 23.5 Å². The van der Waals surface area contributed by atoms with E-state index >= 15 is 0 Å². The summed E-state index contributed by atoms with van der Waals surface area (Å²) in [6.45, 7) is 2.03. The summed E-state index contributed by atoms with van der Waals surface area (Å²) >= 11 is 0. The van der Waals surface area contributed by atoms with Crippen LogP contribution in [0.1, 0.15) is 29.7 Å². The van der Waals surface area contributed by atoms with Gasteiger partial charge in [-0.05, 0) is 42.3 Å². The van der Waals surface area contributed by atoms with Gasteiger partial charge in [0.1, 0.15) is 22.8 Å². The van der Waals surface area contributed by atoms with Crippen molar-refractivity contribution in [2.45, 2.75) is 19.4 Å². The Hall–Kier alpha value is -4.59. The number of carbonyl (C=O) groups is 3. The van der Waals surface area contributed by atoms with Crippen LogP contribution in [0.15, 0.2) is 78.4 Å². The number of amides is 1. The molecule has 1 atom stereocenters. The lowest BCUT2D eigenvalue weighted by molar-refractivity contribution is -0.142. The number of rotatable bonds is 8. The van der Waals surface area contributed by atoms with Crippen molar-refractivity contribution >= 4 is 29.1 Å². The highest BCUT2D eigenvalue weighted by Crippen LogP contribution is 2.45. The molecule has 8 nitrogen and oxygen atoms in total. The molecule has 0 bridgehead atoms. The molecule has 3 aromatic carbocycles. The Morgan fingerprint density at radius 1 is 0.892 bits per heavy atom. The van der Waals surface area contributed by atoms with Gasteiger partial charge in [0, 0.05) is 5.69 Å².